The summed E-state index contributed by atoms with van der Waals surface area (Å²) < 4.78 is 63.9. The summed E-state index contributed by atoms with van der Waals surface area (Å²) in [5, 5.41) is 0.625. The van der Waals surface area contributed by atoms with Gasteiger partial charge in [-0.25, -0.2) is 22.2 Å². The summed E-state index contributed by atoms with van der Waals surface area (Å²) in [6, 6.07) is 8.48. The number of rotatable bonds is 7. The van der Waals surface area contributed by atoms with Gasteiger partial charge in [0.1, 0.15) is 11.6 Å². The van der Waals surface area contributed by atoms with Gasteiger partial charge in [0.25, 0.3) is 0 Å². The Morgan fingerprint density at radius 2 is 2.00 bits per heavy atom. The van der Waals surface area contributed by atoms with Crippen LogP contribution in [0.1, 0.15) is 38.2 Å². The summed E-state index contributed by atoms with van der Waals surface area (Å²) in [5.74, 6) is -0.421. The summed E-state index contributed by atoms with van der Waals surface area (Å²) in [6.07, 6.45) is 3.85. The van der Waals surface area contributed by atoms with Crippen molar-refractivity contribution >= 4 is 32.8 Å². The highest BCUT2D eigenvalue weighted by atomic mass is 32.2. The van der Waals surface area contributed by atoms with E-state index in [2.05, 4.69) is 6.92 Å². The molecule has 5 rings (SSSR count). The lowest BCUT2D eigenvalue weighted by atomic mass is 10.0. The minimum absolute atomic E-state index is 0.0379. The van der Waals surface area contributed by atoms with Gasteiger partial charge in [0.15, 0.2) is 5.16 Å². The number of benzene rings is 2. The zero-order valence-corrected chi connectivity index (χ0v) is 21.3. The average molecular weight is 522 g/mol. The number of hydrogen-bond acceptors (Lipinski definition) is 5. The molecule has 0 radical (unpaired) electrons. The molecule has 2 aliphatic heterocycles. The first-order valence-corrected chi connectivity index (χ1v) is 14.4. The van der Waals surface area contributed by atoms with Gasteiger partial charge in [-0.15, -0.1) is 0 Å². The second-order valence-corrected chi connectivity index (χ2v) is 12.3. The van der Waals surface area contributed by atoms with Crippen LogP contribution >= 0.6 is 11.8 Å². The largest absolute Gasteiger partial charge is 0.376 e. The van der Waals surface area contributed by atoms with Crippen LogP contribution in [0, 0.1) is 17.6 Å². The van der Waals surface area contributed by atoms with Crippen molar-refractivity contribution in [2.75, 3.05) is 19.7 Å². The maximum Gasteiger partial charge on any atom is 0.243 e. The van der Waals surface area contributed by atoms with Crippen LogP contribution in [0.5, 0.6) is 0 Å². The second-order valence-electron chi connectivity index (χ2n) is 9.43. The quantitative estimate of drug-likeness (QED) is 0.400. The molecule has 0 N–H and O–H groups in total. The number of halogens is 2. The van der Waals surface area contributed by atoms with Crippen molar-refractivity contribution in [2.45, 2.75) is 61.1 Å². The molecule has 2 saturated heterocycles. The van der Waals surface area contributed by atoms with Gasteiger partial charge in [0.05, 0.1) is 28.6 Å². The molecule has 188 valence electrons. The van der Waals surface area contributed by atoms with Crippen LogP contribution in [0.15, 0.2) is 46.5 Å². The van der Waals surface area contributed by atoms with Gasteiger partial charge in [-0.2, -0.15) is 4.31 Å². The van der Waals surface area contributed by atoms with Crippen LogP contribution in [-0.4, -0.2) is 48.1 Å². The molecule has 3 heterocycles. The van der Waals surface area contributed by atoms with Crippen LogP contribution in [0.25, 0.3) is 11.0 Å². The molecule has 10 heteroatoms. The first-order valence-electron chi connectivity index (χ1n) is 12.0. The van der Waals surface area contributed by atoms with E-state index in [9.17, 15) is 17.2 Å². The average Bonchev–Trinajstić information content (AvgIpc) is 3.47. The summed E-state index contributed by atoms with van der Waals surface area (Å²) in [4.78, 5) is 4.96. The van der Waals surface area contributed by atoms with E-state index in [0.29, 0.717) is 42.8 Å². The first-order chi connectivity index (χ1) is 16.8. The molecule has 0 spiro atoms. The van der Waals surface area contributed by atoms with Crippen molar-refractivity contribution in [2.24, 2.45) is 5.92 Å². The van der Waals surface area contributed by atoms with Crippen LogP contribution < -0.4 is 0 Å². The number of ether oxygens (including phenoxy) is 1. The summed E-state index contributed by atoms with van der Waals surface area (Å²) in [5.41, 5.74) is 1.62. The molecule has 0 aliphatic carbocycles. The third-order valence-corrected chi connectivity index (χ3v) is 9.60. The van der Waals surface area contributed by atoms with E-state index in [1.807, 2.05) is 4.57 Å². The van der Waals surface area contributed by atoms with Gasteiger partial charge >= 0.3 is 0 Å². The number of hydrogen-bond donors (Lipinski definition) is 0. The SMILES string of the molecule is C[C@@H]1CCCN(S(=O)(=O)c2ccc3c(c2)nc(SCc2cc(F)ccc2F)n3C[C@@H]2CCCO2)C1. The Kier molecular flexibility index (Phi) is 7.16. The standard InChI is InChI=1S/C25H29F2N3O3S2/c1-17-4-2-10-29(14-17)35(31,32)21-7-9-24-23(13-21)28-25(30(24)15-20-5-3-11-33-20)34-16-18-12-19(26)6-8-22(18)27/h6-9,12-13,17,20H,2-5,10-11,14-16H2,1H3/t17-,20+/m1/s1. The highest BCUT2D eigenvalue weighted by Crippen LogP contribution is 2.32. The van der Waals surface area contributed by atoms with Crippen molar-refractivity contribution in [3.63, 3.8) is 0 Å². The molecule has 0 bridgehead atoms. The predicted octanol–water partition coefficient (Wildman–Crippen LogP) is 5.21. The normalized spacial score (nSPS) is 21.7. The molecule has 3 aromatic rings. The van der Waals surface area contributed by atoms with E-state index in [1.54, 1.807) is 22.5 Å². The summed E-state index contributed by atoms with van der Waals surface area (Å²) in [6.45, 7) is 4.40. The smallest absolute Gasteiger partial charge is 0.243 e. The number of imidazole rings is 1. The van der Waals surface area contributed by atoms with E-state index in [4.69, 9.17) is 9.72 Å². The zero-order valence-electron chi connectivity index (χ0n) is 19.6. The fourth-order valence-electron chi connectivity index (χ4n) is 4.84. The molecule has 0 amide bonds. The van der Waals surface area contributed by atoms with Gasteiger partial charge < -0.3 is 9.30 Å². The Hall–Kier alpha value is -2.01. The Bertz CT molecular complexity index is 1320. The highest BCUT2D eigenvalue weighted by molar-refractivity contribution is 7.98. The van der Waals surface area contributed by atoms with Crippen LogP contribution in [0.3, 0.4) is 0 Å². The Morgan fingerprint density at radius 3 is 2.77 bits per heavy atom. The molecule has 6 nitrogen and oxygen atoms in total. The van der Waals surface area contributed by atoms with Crippen LogP contribution in [0.2, 0.25) is 0 Å². The molecular weight excluding hydrogens is 492 g/mol. The molecule has 0 unspecified atom stereocenters. The first kappa shape index (κ1) is 24.7. The Balaban J connectivity index is 1.48. The summed E-state index contributed by atoms with van der Waals surface area (Å²) >= 11 is 1.30. The molecule has 0 saturated carbocycles. The van der Waals surface area contributed by atoms with Crippen molar-refractivity contribution in [1.82, 2.24) is 13.9 Å². The van der Waals surface area contributed by atoms with Gasteiger partial charge in [0, 0.05) is 31.0 Å². The second kappa shape index (κ2) is 10.2. The van der Waals surface area contributed by atoms with Crippen LogP contribution in [-0.2, 0) is 27.1 Å². The van der Waals surface area contributed by atoms with Gasteiger partial charge in [-0.3, -0.25) is 0 Å². The number of piperidine rings is 1. The number of sulfonamides is 1. The lowest BCUT2D eigenvalue weighted by Crippen LogP contribution is -2.39. The van der Waals surface area contributed by atoms with Crippen LogP contribution in [0.4, 0.5) is 8.78 Å². The van der Waals surface area contributed by atoms with E-state index in [1.165, 1.54) is 17.8 Å². The lowest BCUT2D eigenvalue weighted by Gasteiger charge is -2.30. The highest BCUT2D eigenvalue weighted by Gasteiger charge is 2.29. The predicted molar refractivity (Wildman–Crippen MR) is 132 cm³/mol. The minimum atomic E-state index is -3.62. The molecule has 1 aromatic heterocycles. The maximum atomic E-state index is 14.2. The fourth-order valence-corrected chi connectivity index (χ4v) is 7.45. The van der Waals surface area contributed by atoms with E-state index < -0.39 is 21.7 Å². The van der Waals surface area contributed by atoms with Crippen molar-refractivity contribution in [3.8, 4) is 0 Å². The number of nitrogens with zero attached hydrogens (tertiary/aromatic N) is 3. The lowest BCUT2D eigenvalue weighted by molar-refractivity contribution is 0.0960. The maximum absolute atomic E-state index is 14.2. The van der Waals surface area contributed by atoms with Gasteiger partial charge in [-0.1, -0.05) is 18.7 Å². The zero-order chi connectivity index (χ0) is 24.6. The molecular formula is C25H29F2N3O3S2. The molecule has 35 heavy (non-hydrogen) atoms. The van der Waals surface area contributed by atoms with Gasteiger partial charge in [-0.05, 0) is 68.0 Å². The fraction of sp³-hybridized carbons (Fsp3) is 0.480. The topological polar surface area (TPSA) is 64.4 Å². The van der Waals surface area contributed by atoms with Crippen molar-refractivity contribution in [1.29, 1.82) is 0 Å². The number of fused-ring (bicyclic) bond motifs is 1. The third kappa shape index (κ3) is 5.26. The van der Waals surface area contributed by atoms with E-state index >= 15 is 0 Å². The van der Waals surface area contributed by atoms with E-state index in [-0.39, 0.29) is 22.3 Å². The van der Waals surface area contributed by atoms with Crippen molar-refractivity contribution in [3.05, 3.63) is 53.6 Å². The van der Waals surface area contributed by atoms with Gasteiger partial charge in [0.2, 0.25) is 10.0 Å². The molecule has 2 aromatic carbocycles. The number of thioether (sulfide) groups is 1. The number of aromatic nitrogens is 2. The summed E-state index contributed by atoms with van der Waals surface area (Å²) in [7, 11) is -3.62. The van der Waals surface area contributed by atoms with Crippen molar-refractivity contribution < 1.29 is 21.9 Å². The Morgan fingerprint density at radius 1 is 1.14 bits per heavy atom. The monoisotopic (exact) mass is 521 g/mol. The third-order valence-electron chi connectivity index (χ3n) is 6.72. The molecule has 2 atom stereocenters. The minimum Gasteiger partial charge on any atom is -0.376 e. The molecule has 2 aliphatic rings. The molecule has 2 fully saturated rings. The Labute approximate surface area is 208 Å². The van der Waals surface area contributed by atoms with E-state index in [0.717, 1.165) is 43.3 Å².